The highest BCUT2D eigenvalue weighted by Gasteiger charge is 2.27. The van der Waals surface area contributed by atoms with Crippen molar-refractivity contribution in [2.45, 2.75) is 26.8 Å². The number of hydrogen-bond donors (Lipinski definition) is 1. The summed E-state index contributed by atoms with van der Waals surface area (Å²) in [5.74, 6) is 0. The summed E-state index contributed by atoms with van der Waals surface area (Å²) in [5, 5.41) is 0. The maximum absolute atomic E-state index is 6.14. The molecule has 0 aliphatic carbocycles. The van der Waals surface area contributed by atoms with E-state index in [1.54, 1.807) is 0 Å². The Morgan fingerprint density at radius 2 is 2.00 bits per heavy atom. The molecule has 1 aliphatic heterocycles. The molecule has 2 rings (SSSR count). The smallest absolute Gasteiger partial charge is 0.0496 e. The van der Waals surface area contributed by atoms with Gasteiger partial charge in [0, 0.05) is 24.8 Å². The minimum absolute atomic E-state index is 0.199. The molecule has 1 unspecified atom stereocenters. The van der Waals surface area contributed by atoms with Gasteiger partial charge in [-0.05, 0) is 37.5 Å². The fourth-order valence-electron chi connectivity index (χ4n) is 2.41. The molecule has 0 bridgehead atoms. The van der Waals surface area contributed by atoms with Crippen molar-refractivity contribution in [2.24, 2.45) is 5.73 Å². The van der Waals surface area contributed by atoms with Gasteiger partial charge in [0.15, 0.2) is 0 Å². The first-order valence-electron chi connectivity index (χ1n) is 5.25. The van der Waals surface area contributed by atoms with Crippen LogP contribution >= 0.6 is 0 Å². The van der Waals surface area contributed by atoms with Crippen molar-refractivity contribution in [2.75, 3.05) is 18.0 Å². The van der Waals surface area contributed by atoms with Gasteiger partial charge in [-0.25, -0.2) is 0 Å². The van der Waals surface area contributed by atoms with Crippen LogP contribution in [-0.4, -0.2) is 13.1 Å². The fourth-order valence-corrected chi connectivity index (χ4v) is 2.41. The van der Waals surface area contributed by atoms with Crippen LogP contribution in [0.5, 0.6) is 0 Å². The van der Waals surface area contributed by atoms with E-state index in [9.17, 15) is 0 Å². The maximum Gasteiger partial charge on any atom is 0.0496 e. The third-order valence-electron chi connectivity index (χ3n) is 3.12. The predicted octanol–water partition coefficient (Wildman–Crippen LogP) is 2.14. The third kappa shape index (κ3) is 1.22. The molecule has 0 radical (unpaired) electrons. The molecule has 0 fully saturated rings. The van der Waals surface area contributed by atoms with Gasteiger partial charge in [-0.15, -0.1) is 0 Å². The third-order valence-corrected chi connectivity index (χ3v) is 3.12. The summed E-state index contributed by atoms with van der Waals surface area (Å²) in [4.78, 5) is 2.38. The normalized spacial score (nSPS) is 20.0. The van der Waals surface area contributed by atoms with Gasteiger partial charge < -0.3 is 10.6 Å². The first-order chi connectivity index (χ1) is 6.65. The topological polar surface area (TPSA) is 29.3 Å². The number of benzene rings is 1. The minimum atomic E-state index is 0.199. The first-order valence-corrected chi connectivity index (χ1v) is 5.25. The SMILES string of the molecule is CCN1CC(N)c2c(C)ccc(C)c21. The summed E-state index contributed by atoms with van der Waals surface area (Å²) in [6, 6.07) is 4.56. The zero-order valence-electron chi connectivity index (χ0n) is 9.17. The monoisotopic (exact) mass is 190 g/mol. The van der Waals surface area contributed by atoms with E-state index in [4.69, 9.17) is 5.73 Å². The lowest BCUT2D eigenvalue weighted by molar-refractivity contribution is 0.731. The Labute approximate surface area is 85.7 Å². The molecule has 1 aliphatic rings. The molecule has 1 aromatic carbocycles. The summed E-state index contributed by atoms with van der Waals surface area (Å²) in [6.45, 7) is 8.52. The fraction of sp³-hybridized carbons (Fsp3) is 0.500. The molecular formula is C12H18N2. The van der Waals surface area contributed by atoms with E-state index in [1.807, 2.05) is 0 Å². The van der Waals surface area contributed by atoms with Crippen LogP contribution in [0.3, 0.4) is 0 Å². The molecule has 1 aromatic rings. The number of nitrogens with zero attached hydrogens (tertiary/aromatic N) is 1. The Hall–Kier alpha value is -1.02. The molecule has 1 atom stereocenters. The minimum Gasteiger partial charge on any atom is -0.369 e. The average molecular weight is 190 g/mol. The van der Waals surface area contributed by atoms with Gasteiger partial charge >= 0.3 is 0 Å². The van der Waals surface area contributed by atoms with E-state index in [2.05, 4.69) is 37.8 Å². The van der Waals surface area contributed by atoms with Crippen LogP contribution in [0.15, 0.2) is 12.1 Å². The van der Waals surface area contributed by atoms with Gasteiger partial charge in [0.1, 0.15) is 0 Å². The summed E-state index contributed by atoms with van der Waals surface area (Å²) in [5.41, 5.74) is 11.5. The van der Waals surface area contributed by atoms with E-state index in [-0.39, 0.29) is 6.04 Å². The number of likely N-dealkylation sites (N-methyl/N-ethyl adjacent to an activating group) is 1. The summed E-state index contributed by atoms with van der Waals surface area (Å²) in [7, 11) is 0. The van der Waals surface area contributed by atoms with Gasteiger partial charge in [0.2, 0.25) is 0 Å². The summed E-state index contributed by atoms with van der Waals surface area (Å²) >= 11 is 0. The van der Waals surface area contributed by atoms with Gasteiger partial charge in [0.05, 0.1) is 0 Å². The molecular weight excluding hydrogens is 172 g/mol. The van der Waals surface area contributed by atoms with Crippen LogP contribution in [0.25, 0.3) is 0 Å². The number of fused-ring (bicyclic) bond motifs is 1. The lowest BCUT2D eigenvalue weighted by Crippen LogP contribution is -2.24. The first kappa shape index (κ1) is 9.53. The Morgan fingerprint density at radius 3 is 2.64 bits per heavy atom. The second-order valence-corrected chi connectivity index (χ2v) is 4.11. The van der Waals surface area contributed by atoms with Crippen molar-refractivity contribution in [3.63, 3.8) is 0 Å². The Bertz CT molecular complexity index is 358. The Kier molecular flexibility index (Phi) is 2.23. The predicted molar refractivity (Wildman–Crippen MR) is 60.7 cm³/mol. The van der Waals surface area contributed by atoms with E-state index >= 15 is 0 Å². The lowest BCUT2D eigenvalue weighted by Gasteiger charge is -2.19. The van der Waals surface area contributed by atoms with Crippen LogP contribution in [0.4, 0.5) is 5.69 Å². The van der Waals surface area contributed by atoms with Crippen molar-refractivity contribution in [3.05, 3.63) is 28.8 Å². The summed E-state index contributed by atoms with van der Waals surface area (Å²) in [6.07, 6.45) is 0. The zero-order chi connectivity index (χ0) is 10.3. The molecule has 2 nitrogen and oxygen atoms in total. The quantitative estimate of drug-likeness (QED) is 0.735. The number of anilines is 1. The molecule has 0 saturated carbocycles. The van der Waals surface area contributed by atoms with Crippen LogP contribution in [0.2, 0.25) is 0 Å². The largest absolute Gasteiger partial charge is 0.369 e. The second kappa shape index (κ2) is 3.28. The van der Waals surface area contributed by atoms with Crippen molar-refractivity contribution in [1.82, 2.24) is 0 Å². The number of hydrogen-bond acceptors (Lipinski definition) is 2. The highest BCUT2D eigenvalue weighted by Crippen LogP contribution is 2.37. The molecule has 14 heavy (non-hydrogen) atoms. The van der Waals surface area contributed by atoms with Crippen LogP contribution in [-0.2, 0) is 0 Å². The van der Waals surface area contributed by atoms with E-state index in [0.717, 1.165) is 13.1 Å². The number of nitrogens with two attached hydrogens (primary N) is 1. The van der Waals surface area contributed by atoms with Crippen LogP contribution in [0, 0.1) is 13.8 Å². The van der Waals surface area contributed by atoms with Crippen molar-refractivity contribution >= 4 is 5.69 Å². The summed E-state index contributed by atoms with van der Waals surface area (Å²) < 4.78 is 0. The van der Waals surface area contributed by atoms with E-state index < -0.39 is 0 Å². The van der Waals surface area contributed by atoms with Gasteiger partial charge in [-0.1, -0.05) is 12.1 Å². The van der Waals surface area contributed by atoms with Crippen molar-refractivity contribution < 1.29 is 0 Å². The highest BCUT2D eigenvalue weighted by atomic mass is 15.2. The van der Waals surface area contributed by atoms with Crippen LogP contribution < -0.4 is 10.6 Å². The highest BCUT2D eigenvalue weighted by molar-refractivity contribution is 5.66. The van der Waals surface area contributed by atoms with Crippen molar-refractivity contribution in [3.8, 4) is 0 Å². The Balaban J connectivity index is 2.60. The standard InChI is InChI=1S/C12H18N2/c1-4-14-7-10(13)11-8(2)5-6-9(3)12(11)14/h5-6,10H,4,7,13H2,1-3H3. The lowest BCUT2D eigenvalue weighted by atomic mass is 10.00. The van der Waals surface area contributed by atoms with Gasteiger partial charge in [-0.2, -0.15) is 0 Å². The zero-order valence-corrected chi connectivity index (χ0v) is 9.17. The molecule has 76 valence electrons. The molecule has 0 spiro atoms. The molecule has 0 amide bonds. The van der Waals surface area contributed by atoms with Gasteiger partial charge in [0.25, 0.3) is 0 Å². The molecule has 2 N–H and O–H groups in total. The van der Waals surface area contributed by atoms with E-state index in [1.165, 1.54) is 22.4 Å². The second-order valence-electron chi connectivity index (χ2n) is 4.11. The molecule has 1 heterocycles. The van der Waals surface area contributed by atoms with Gasteiger partial charge in [-0.3, -0.25) is 0 Å². The average Bonchev–Trinajstić information content (AvgIpc) is 2.50. The molecule has 2 heteroatoms. The van der Waals surface area contributed by atoms with Crippen LogP contribution in [0.1, 0.15) is 29.7 Å². The maximum atomic E-state index is 6.14. The molecule has 0 saturated heterocycles. The number of aryl methyl sites for hydroxylation is 2. The molecule has 0 aromatic heterocycles. The van der Waals surface area contributed by atoms with Crippen molar-refractivity contribution in [1.29, 1.82) is 0 Å². The van der Waals surface area contributed by atoms with E-state index in [0.29, 0.717) is 0 Å². The Morgan fingerprint density at radius 1 is 1.36 bits per heavy atom. The number of rotatable bonds is 1.